The van der Waals surface area contributed by atoms with Gasteiger partial charge in [-0.15, -0.1) is 0 Å². The second kappa shape index (κ2) is 20.1. The van der Waals surface area contributed by atoms with E-state index in [1.165, 1.54) is 4.57 Å². The van der Waals surface area contributed by atoms with Gasteiger partial charge in [0.15, 0.2) is 0 Å². The molecule has 0 aliphatic carbocycles. The van der Waals surface area contributed by atoms with E-state index in [9.17, 15) is 24.3 Å². The highest BCUT2D eigenvalue weighted by Gasteiger charge is 2.24. The minimum atomic E-state index is -0.940. The van der Waals surface area contributed by atoms with Gasteiger partial charge in [0, 0.05) is 37.6 Å². The van der Waals surface area contributed by atoms with Crippen LogP contribution in [0.25, 0.3) is 0 Å². The highest BCUT2D eigenvalue weighted by molar-refractivity contribution is 5.74. The van der Waals surface area contributed by atoms with Gasteiger partial charge in [0.1, 0.15) is 12.1 Å². The van der Waals surface area contributed by atoms with E-state index in [1.54, 1.807) is 29.8 Å². The van der Waals surface area contributed by atoms with E-state index < -0.39 is 18.1 Å². The number of likely N-dealkylation sites (N-methyl/N-ethyl adjacent to an activating group) is 2. The van der Waals surface area contributed by atoms with Gasteiger partial charge in [0.05, 0.1) is 6.61 Å². The van der Waals surface area contributed by atoms with Gasteiger partial charge < -0.3 is 28.8 Å². The van der Waals surface area contributed by atoms with Crippen LogP contribution in [0, 0.1) is 25.7 Å². The normalized spacial score (nSPS) is 12.8. The molecule has 2 aromatic heterocycles. The molecule has 0 aliphatic rings. The van der Waals surface area contributed by atoms with Crippen LogP contribution in [0.3, 0.4) is 0 Å². The maximum absolute atomic E-state index is 12.5. The molecule has 260 valence electrons. The number of carbonyl (C=O) groups is 2. The Balaban J connectivity index is 0.000000462. The molecule has 1 N–H and O–H groups in total. The largest absolute Gasteiger partial charge is 0.480 e. The molecular weight excluding hydrogens is 584 g/mol. The molecule has 0 spiro atoms. The molecule has 2 rings (SSSR count). The summed E-state index contributed by atoms with van der Waals surface area (Å²) in [4.78, 5) is 52.8. The van der Waals surface area contributed by atoms with Gasteiger partial charge in [-0.2, -0.15) is 0 Å². The fourth-order valence-corrected chi connectivity index (χ4v) is 5.04. The molecule has 0 radical (unpaired) electrons. The summed E-state index contributed by atoms with van der Waals surface area (Å²) < 4.78 is 8.17. The van der Waals surface area contributed by atoms with Crippen LogP contribution >= 0.6 is 0 Å². The summed E-state index contributed by atoms with van der Waals surface area (Å²) in [6, 6.07) is 1.86. The number of nitrogens with zero attached hydrogens (tertiary/aromatic N) is 4. The Morgan fingerprint density at radius 2 is 1.13 bits per heavy atom. The van der Waals surface area contributed by atoms with E-state index in [1.807, 2.05) is 48.2 Å². The smallest absolute Gasteiger partial charge is 0.329 e. The third-order valence-electron chi connectivity index (χ3n) is 8.00. The molecule has 46 heavy (non-hydrogen) atoms. The summed E-state index contributed by atoms with van der Waals surface area (Å²) in [6.45, 7) is 16.1. The highest BCUT2D eigenvalue weighted by Crippen LogP contribution is 2.20. The van der Waals surface area contributed by atoms with Crippen LogP contribution in [0.5, 0.6) is 0 Å². The molecular formula is C36H60N4O6. The van der Waals surface area contributed by atoms with Crippen molar-refractivity contribution >= 4 is 11.9 Å². The topological polar surface area (TPSA) is 114 Å². The second-order valence-electron chi connectivity index (χ2n) is 13.6. The predicted molar refractivity (Wildman–Crippen MR) is 186 cm³/mol. The Morgan fingerprint density at radius 3 is 1.48 bits per heavy atom. The lowest BCUT2D eigenvalue weighted by molar-refractivity contribution is -0.147. The van der Waals surface area contributed by atoms with Crippen LogP contribution in [0.1, 0.15) is 94.6 Å². The predicted octanol–water partition coefficient (Wildman–Crippen LogP) is 5.12. The van der Waals surface area contributed by atoms with Crippen molar-refractivity contribution in [2.45, 2.75) is 99.1 Å². The fourth-order valence-electron chi connectivity index (χ4n) is 5.04. The maximum atomic E-state index is 12.5. The number of carboxylic acids is 1. The van der Waals surface area contributed by atoms with Crippen molar-refractivity contribution in [2.75, 3.05) is 47.9 Å². The van der Waals surface area contributed by atoms with E-state index >= 15 is 0 Å². The Morgan fingerprint density at radius 1 is 0.739 bits per heavy atom. The van der Waals surface area contributed by atoms with Crippen LogP contribution in [0.4, 0.5) is 0 Å². The molecule has 0 saturated carbocycles. The minimum absolute atomic E-state index is 0.136. The van der Waals surface area contributed by atoms with E-state index in [0.717, 1.165) is 61.0 Å². The van der Waals surface area contributed by atoms with Gasteiger partial charge in [-0.05, 0) is 122 Å². The van der Waals surface area contributed by atoms with E-state index in [0.29, 0.717) is 31.3 Å². The summed E-state index contributed by atoms with van der Waals surface area (Å²) in [5.41, 5.74) is 3.66. The number of carboxylic acid groups (broad SMARTS) is 1. The number of aliphatic carboxylic acids is 1. The monoisotopic (exact) mass is 644 g/mol. The summed E-state index contributed by atoms with van der Waals surface area (Å²) in [5.74, 6) is -0.375. The van der Waals surface area contributed by atoms with E-state index in [4.69, 9.17) is 4.74 Å². The van der Waals surface area contributed by atoms with Crippen LogP contribution in [-0.2, 0) is 27.2 Å². The molecule has 10 nitrogen and oxygen atoms in total. The fraction of sp³-hybridized carbons (Fsp3) is 0.667. The Kier molecular flexibility index (Phi) is 17.8. The molecule has 0 saturated heterocycles. The SMILES string of the molecule is CCOC(=O)C(CCC(C)C)n1cc(CCN(C)C)c(C)cc1=O.Cc1cc(=O)n(C(CCC(C)C)C(=O)O)cc1CCN(C)C. The lowest BCUT2D eigenvalue weighted by Crippen LogP contribution is -2.32. The lowest BCUT2D eigenvalue weighted by atomic mass is 10.0. The van der Waals surface area contributed by atoms with Crippen LogP contribution in [0.15, 0.2) is 34.1 Å². The van der Waals surface area contributed by atoms with Gasteiger partial charge in [-0.3, -0.25) is 9.59 Å². The number of aryl methyl sites for hydroxylation is 2. The number of aromatic nitrogens is 2. The number of hydrogen-bond acceptors (Lipinski definition) is 7. The third kappa shape index (κ3) is 14.0. The Labute approximate surface area is 276 Å². The molecule has 10 heteroatoms. The number of ether oxygens (including phenoxy) is 1. The van der Waals surface area contributed by atoms with Crippen molar-refractivity contribution in [3.8, 4) is 0 Å². The van der Waals surface area contributed by atoms with Gasteiger partial charge in [0.2, 0.25) is 0 Å². The molecule has 2 atom stereocenters. The second-order valence-corrected chi connectivity index (χ2v) is 13.6. The van der Waals surface area contributed by atoms with E-state index in [-0.39, 0.29) is 17.1 Å². The van der Waals surface area contributed by atoms with Crippen molar-refractivity contribution < 1.29 is 19.4 Å². The Bertz CT molecular complexity index is 1360. The van der Waals surface area contributed by atoms with Gasteiger partial charge in [-0.25, -0.2) is 9.59 Å². The third-order valence-corrected chi connectivity index (χ3v) is 8.00. The quantitative estimate of drug-likeness (QED) is 0.236. The first-order valence-electron chi connectivity index (χ1n) is 16.6. The summed E-state index contributed by atoms with van der Waals surface area (Å²) in [5, 5.41) is 9.47. The first-order chi connectivity index (χ1) is 21.5. The van der Waals surface area contributed by atoms with Crippen molar-refractivity contribution in [2.24, 2.45) is 11.8 Å². The maximum Gasteiger partial charge on any atom is 0.329 e. The average Bonchev–Trinajstić information content (AvgIpc) is 2.93. The zero-order valence-electron chi connectivity index (χ0n) is 30.3. The molecule has 0 bridgehead atoms. The summed E-state index contributed by atoms with van der Waals surface area (Å²) >= 11 is 0. The first kappa shape index (κ1) is 40.8. The minimum Gasteiger partial charge on any atom is -0.480 e. The highest BCUT2D eigenvalue weighted by atomic mass is 16.5. The lowest BCUT2D eigenvalue weighted by Gasteiger charge is -2.21. The average molecular weight is 645 g/mol. The molecule has 0 amide bonds. The summed E-state index contributed by atoms with van der Waals surface area (Å²) in [6.07, 6.45) is 7.98. The molecule has 2 unspecified atom stereocenters. The van der Waals surface area contributed by atoms with Gasteiger partial charge >= 0.3 is 11.9 Å². The number of rotatable bonds is 17. The van der Waals surface area contributed by atoms with E-state index in [2.05, 4.69) is 37.5 Å². The standard InChI is InChI=1S/C19H32N2O3.C17H28N2O3/c1-7-24-19(23)17(9-8-14(2)3)21-13-16(10-11-20(5)6)15(4)12-18(21)22;1-12(2)6-7-15(17(21)22)19-11-14(8-9-18(4)5)13(3)10-16(19)20/h12-14,17H,7-11H2,1-6H3;10-12,15H,6-9H2,1-5H3,(H,21,22). The van der Waals surface area contributed by atoms with Crippen LogP contribution in [0.2, 0.25) is 0 Å². The molecule has 0 aromatic carbocycles. The number of hydrogen-bond donors (Lipinski definition) is 1. The van der Waals surface area contributed by atoms with Crippen molar-refractivity contribution in [3.63, 3.8) is 0 Å². The van der Waals surface area contributed by atoms with Crippen molar-refractivity contribution in [1.29, 1.82) is 0 Å². The van der Waals surface area contributed by atoms with Crippen molar-refractivity contribution in [1.82, 2.24) is 18.9 Å². The number of carbonyl (C=O) groups excluding carboxylic acids is 1. The molecule has 0 aliphatic heterocycles. The van der Waals surface area contributed by atoms with Crippen LogP contribution in [-0.4, -0.2) is 83.9 Å². The zero-order chi connectivity index (χ0) is 35.1. The Hall–Kier alpha value is -3.24. The summed E-state index contributed by atoms with van der Waals surface area (Å²) in [7, 11) is 8.03. The molecule has 0 fully saturated rings. The number of esters is 1. The zero-order valence-corrected chi connectivity index (χ0v) is 30.3. The first-order valence-corrected chi connectivity index (χ1v) is 16.6. The number of pyridine rings is 2. The van der Waals surface area contributed by atoms with Gasteiger partial charge in [0.25, 0.3) is 11.1 Å². The van der Waals surface area contributed by atoms with Gasteiger partial charge in [-0.1, -0.05) is 27.7 Å². The molecule has 2 aromatic rings. The van der Waals surface area contributed by atoms with Crippen LogP contribution < -0.4 is 11.1 Å². The van der Waals surface area contributed by atoms with Crippen molar-refractivity contribution in [3.05, 3.63) is 67.5 Å². The molecule has 2 heterocycles.